The molecule has 0 rings (SSSR count). The van der Waals surface area contributed by atoms with Crippen molar-refractivity contribution >= 4 is 5.97 Å². The Labute approximate surface area is 127 Å². The molecular formula is C18H36O2. The van der Waals surface area contributed by atoms with Crippen LogP contribution in [0.1, 0.15) is 91.4 Å². The maximum atomic E-state index is 10.8. The van der Waals surface area contributed by atoms with Crippen molar-refractivity contribution in [2.75, 3.05) is 6.61 Å². The van der Waals surface area contributed by atoms with Crippen molar-refractivity contribution < 1.29 is 9.53 Å². The molecule has 0 amide bonds. The van der Waals surface area contributed by atoms with E-state index in [9.17, 15) is 4.79 Å². The Balaban J connectivity index is 0. The number of unbranched alkanes of at least 4 members (excludes halogenated alkanes) is 11. The highest BCUT2D eigenvalue weighted by Crippen LogP contribution is 2.11. The number of ether oxygens (including phenoxy) is 1. The highest BCUT2D eigenvalue weighted by molar-refractivity contribution is 5.81. The normalized spacial score (nSPS) is 9.85. The lowest BCUT2D eigenvalue weighted by molar-refractivity contribution is -0.137. The van der Waals surface area contributed by atoms with Gasteiger partial charge in [0.1, 0.15) is 0 Å². The molecule has 0 saturated carbocycles. The fourth-order valence-electron chi connectivity index (χ4n) is 2.17. The third-order valence-electron chi connectivity index (χ3n) is 3.41. The number of hydrogen-bond acceptors (Lipinski definition) is 2. The van der Waals surface area contributed by atoms with Gasteiger partial charge in [0.25, 0.3) is 0 Å². The maximum absolute atomic E-state index is 10.8. The highest BCUT2D eigenvalue weighted by atomic mass is 16.5. The van der Waals surface area contributed by atoms with Gasteiger partial charge in [-0.3, -0.25) is 0 Å². The van der Waals surface area contributed by atoms with Gasteiger partial charge in [-0.15, -0.1) is 0 Å². The van der Waals surface area contributed by atoms with E-state index in [1.165, 1.54) is 76.7 Å². The van der Waals surface area contributed by atoms with Gasteiger partial charge in [0, 0.05) is 6.08 Å². The van der Waals surface area contributed by atoms with E-state index >= 15 is 0 Å². The summed E-state index contributed by atoms with van der Waals surface area (Å²) in [6.45, 7) is 6.17. The van der Waals surface area contributed by atoms with Gasteiger partial charge < -0.3 is 4.74 Å². The molecule has 0 aliphatic rings. The Morgan fingerprint density at radius 2 is 1.25 bits per heavy atom. The number of carbonyl (C=O) groups excluding carboxylic acids is 1. The fraction of sp³-hybridized carbons (Fsp3) is 0.833. The van der Waals surface area contributed by atoms with E-state index in [4.69, 9.17) is 4.74 Å². The van der Waals surface area contributed by atoms with E-state index in [1.807, 2.05) is 0 Å². The van der Waals surface area contributed by atoms with Crippen LogP contribution in [-0.4, -0.2) is 12.6 Å². The van der Waals surface area contributed by atoms with Gasteiger partial charge in [-0.2, -0.15) is 0 Å². The Bertz CT molecular complexity index is 211. The third-order valence-corrected chi connectivity index (χ3v) is 3.41. The predicted octanol–water partition coefficient (Wildman–Crippen LogP) is 6.05. The molecule has 20 heavy (non-hydrogen) atoms. The lowest BCUT2D eigenvalue weighted by Crippen LogP contribution is -2.01. The molecule has 2 heteroatoms. The standard InChI is InChI=1S/C17H32O2.CH4/c1-3-5-6-7-8-9-10-11-12-13-14-15-16-19-17(18)4-2;/h4H,2-3,5-16H2,1H3;1H4. The van der Waals surface area contributed by atoms with Gasteiger partial charge in [-0.1, -0.05) is 91.6 Å². The molecule has 0 bridgehead atoms. The fourth-order valence-corrected chi connectivity index (χ4v) is 2.17. The molecule has 0 saturated heterocycles. The minimum atomic E-state index is -0.303. The smallest absolute Gasteiger partial charge is 0.330 e. The quantitative estimate of drug-likeness (QED) is 0.220. The summed E-state index contributed by atoms with van der Waals surface area (Å²) in [5, 5.41) is 0. The Kier molecular flexibility index (Phi) is 19.6. The number of hydrogen-bond donors (Lipinski definition) is 0. The predicted molar refractivity (Wildman–Crippen MR) is 89.0 cm³/mol. The van der Waals surface area contributed by atoms with E-state index in [0.717, 1.165) is 6.42 Å². The molecule has 0 atom stereocenters. The summed E-state index contributed by atoms with van der Waals surface area (Å²) in [7, 11) is 0. The highest BCUT2D eigenvalue weighted by Gasteiger charge is 1.96. The average Bonchev–Trinajstić information content (AvgIpc) is 2.43. The van der Waals surface area contributed by atoms with Crippen LogP contribution in [0, 0.1) is 0 Å². The van der Waals surface area contributed by atoms with Crippen LogP contribution < -0.4 is 0 Å². The molecule has 0 N–H and O–H groups in total. The maximum Gasteiger partial charge on any atom is 0.330 e. The van der Waals surface area contributed by atoms with Crippen LogP contribution in [0.4, 0.5) is 0 Å². The largest absolute Gasteiger partial charge is 0.463 e. The van der Waals surface area contributed by atoms with Crippen LogP contribution >= 0.6 is 0 Å². The van der Waals surface area contributed by atoms with Crippen molar-refractivity contribution in [1.29, 1.82) is 0 Å². The third kappa shape index (κ3) is 17.2. The number of esters is 1. The van der Waals surface area contributed by atoms with Crippen LogP contribution in [0.2, 0.25) is 0 Å². The molecule has 0 radical (unpaired) electrons. The summed E-state index contributed by atoms with van der Waals surface area (Å²) < 4.78 is 4.93. The first-order valence-corrected chi connectivity index (χ1v) is 8.10. The minimum Gasteiger partial charge on any atom is -0.463 e. The van der Waals surface area contributed by atoms with Gasteiger partial charge in [0.2, 0.25) is 0 Å². The van der Waals surface area contributed by atoms with Crippen molar-refractivity contribution in [2.45, 2.75) is 91.4 Å². The molecule has 2 nitrogen and oxygen atoms in total. The summed E-state index contributed by atoms with van der Waals surface area (Å²) in [6.07, 6.45) is 17.1. The molecule has 0 aromatic carbocycles. The lowest BCUT2D eigenvalue weighted by Gasteiger charge is -2.03. The average molecular weight is 284 g/mol. The Morgan fingerprint density at radius 3 is 1.65 bits per heavy atom. The number of rotatable bonds is 14. The zero-order valence-corrected chi connectivity index (χ0v) is 12.8. The van der Waals surface area contributed by atoms with Gasteiger partial charge in [0.15, 0.2) is 0 Å². The van der Waals surface area contributed by atoms with E-state index < -0.39 is 0 Å². The van der Waals surface area contributed by atoms with Crippen molar-refractivity contribution in [1.82, 2.24) is 0 Å². The zero-order chi connectivity index (χ0) is 14.2. The van der Waals surface area contributed by atoms with E-state index in [2.05, 4.69) is 13.5 Å². The second kappa shape index (κ2) is 18.2. The van der Waals surface area contributed by atoms with Gasteiger partial charge in [-0.25, -0.2) is 4.79 Å². The Morgan fingerprint density at radius 1 is 0.850 bits per heavy atom. The molecule has 0 heterocycles. The molecule has 0 aliphatic heterocycles. The second-order valence-electron chi connectivity index (χ2n) is 5.26. The lowest BCUT2D eigenvalue weighted by atomic mass is 10.1. The van der Waals surface area contributed by atoms with E-state index in [0.29, 0.717) is 6.61 Å². The summed E-state index contributed by atoms with van der Waals surface area (Å²) in [6, 6.07) is 0. The zero-order valence-electron chi connectivity index (χ0n) is 12.8. The molecule has 0 spiro atoms. The van der Waals surface area contributed by atoms with Crippen molar-refractivity contribution in [3.05, 3.63) is 12.7 Å². The van der Waals surface area contributed by atoms with Crippen molar-refractivity contribution in [2.24, 2.45) is 0 Å². The van der Waals surface area contributed by atoms with Crippen LogP contribution in [0.3, 0.4) is 0 Å². The first-order valence-electron chi connectivity index (χ1n) is 8.10. The van der Waals surface area contributed by atoms with Crippen LogP contribution in [0.25, 0.3) is 0 Å². The molecule has 120 valence electrons. The van der Waals surface area contributed by atoms with Gasteiger partial charge in [0.05, 0.1) is 6.61 Å². The topological polar surface area (TPSA) is 26.3 Å². The van der Waals surface area contributed by atoms with Crippen LogP contribution in [-0.2, 0) is 9.53 Å². The first-order chi connectivity index (χ1) is 9.31. The SMILES string of the molecule is C.C=CC(=O)OCCCCCCCCCCCCCC. The van der Waals surface area contributed by atoms with E-state index in [-0.39, 0.29) is 13.4 Å². The van der Waals surface area contributed by atoms with E-state index in [1.54, 1.807) is 0 Å². The molecule has 0 aromatic rings. The number of carbonyl (C=O) groups is 1. The van der Waals surface area contributed by atoms with Gasteiger partial charge in [-0.05, 0) is 6.42 Å². The van der Waals surface area contributed by atoms with Gasteiger partial charge >= 0.3 is 5.97 Å². The summed E-state index contributed by atoms with van der Waals surface area (Å²) in [5.41, 5.74) is 0. The summed E-state index contributed by atoms with van der Waals surface area (Å²) in [4.78, 5) is 10.8. The minimum absolute atomic E-state index is 0. The summed E-state index contributed by atoms with van der Waals surface area (Å²) >= 11 is 0. The van der Waals surface area contributed by atoms with Crippen molar-refractivity contribution in [3.63, 3.8) is 0 Å². The molecule has 0 unspecified atom stereocenters. The summed E-state index contributed by atoms with van der Waals surface area (Å²) in [5.74, 6) is -0.303. The first kappa shape index (κ1) is 21.5. The molecule has 0 fully saturated rings. The Hall–Kier alpha value is -0.790. The van der Waals surface area contributed by atoms with Crippen molar-refractivity contribution in [3.8, 4) is 0 Å². The van der Waals surface area contributed by atoms with Crippen LogP contribution in [0.5, 0.6) is 0 Å². The van der Waals surface area contributed by atoms with Crippen LogP contribution in [0.15, 0.2) is 12.7 Å². The molecule has 0 aliphatic carbocycles. The molecular weight excluding hydrogens is 248 g/mol. The second-order valence-corrected chi connectivity index (χ2v) is 5.26. The molecule has 0 aromatic heterocycles. The monoisotopic (exact) mass is 284 g/mol.